The van der Waals surface area contributed by atoms with Crippen LogP contribution in [-0.2, 0) is 22.6 Å². The fourth-order valence-electron chi connectivity index (χ4n) is 4.37. The summed E-state index contributed by atoms with van der Waals surface area (Å²) in [4.78, 5) is 27.6. The topological polar surface area (TPSA) is 61.4 Å². The molecular weight excluding hydrogens is 362 g/mol. The molecule has 0 saturated carbocycles. The lowest BCUT2D eigenvalue weighted by atomic mass is 9.92. The number of rotatable bonds is 4. The lowest BCUT2D eigenvalue weighted by Gasteiger charge is -2.35. The molecule has 0 unspecified atom stereocenters. The van der Waals surface area contributed by atoms with Gasteiger partial charge in [-0.25, -0.2) is 0 Å². The van der Waals surface area contributed by atoms with Crippen LogP contribution >= 0.6 is 0 Å². The molecule has 5 nitrogen and oxygen atoms in total. The average Bonchev–Trinajstić information content (AvgIpc) is 2.79. The van der Waals surface area contributed by atoms with Gasteiger partial charge in [0.25, 0.3) is 0 Å². The molecule has 0 spiro atoms. The molecule has 0 aliphatic carbocycles. The number of piperidine rings is 1. The van der Waals surface area contributed by atoms with E-state index in [9.17, 15) is 9.59 Å². The standard InChI is InChI=1S/C24H29N3O2/c1-17(18-7-3-2-4-8-18)26-23(28)19-11-13-27(14-12-19)24(29)22-15-20-9-5-6-10-21(20)16-25-22/h2-10,17,19,22,25H,11-16H2,1H3,(H,26,28)/t17-,22+/m1/s1. The molecule has 152 valence electrons. The van der Waals surface area contributed by atoms with Gasteiger partial charge in [0.05, 0.1) is 12.1 Å². The summed E-state index contributed by atoms with van der Waals surface area (Å²) in [6.45, 7) is 4.05. The Morgan fingerprint density at radius 3 is 2.38 bits per heavy atom. The number of fused-ring (bicyclic) bond motifs is 1. The third-order valence-electron chi connectivity index (χ3n) is 6.22. The fourth-order valence-corrected chi connectivity index (χ4v) is 4.37. The molecule has 4 rings (SSSR count). The van der Waals surface area contributed by atoms with Gasteiger partial charge in [0.1, 0.15) is 0 Å². The average molecular weight is 392 g/mol. The quantitative estimate of drug-likeness (QED) is 0.843. The zero-order valence-electron chi connectivity index (χ0n) is 16.9. The van der Waals surface area contributed by atoms with E-state index in [1.807, 2.05) is 54.3 Å². The van der Waals surface area contributed by atoms with Crippen LogP contribution in [0, 0.1) is 5.92 Å². The maximum atomic E-state index is 13.0. The van der Waals surface area contributed by atoms with Gasteiger partial charge in [0.2, 0.25) is 11.8 Å². The number of nitrogens with one attached hydrogen (secondary N) is 2. The maximum absolute atomic E-state index is 13.0. The van der Waals surface area contributed by atoms with Gasteiger partial charge < -0.3 is 15.5 Å². The molecule has 5 heteroatoms. The van der Waals surface area contributed by atoms with Crippen LogP contribution in [0.1, 0.15) is 42.5 Å². The van der Waals surface area contributed by atoms with Crippen LogP contribution in [0.5, 0.6) is 0 Å². The minimum absolute atomic E-state index is 0.00475. The molecule has 2 heterocycles. The maximum Gasteiger partial charge on any atom is 0.240 e. The summed E-state index contributed by atoms with van der Waals surface area (Å²) in [7, 11) is 0. The molecule has 29 heavy (non-hydrogen) atoms. The van der Waals surface area contributed by atoms with Crippen molar-refractivity contribution < 1.29 is 9.59 Å². The Morgan fingerprint density at radius 2 is 1.66 bits per heavy atom. The second-order valence-corrected chi connectivity index (χ2v) is 8.15. The molecule has 2 aromatic carbocycles. The molecule has 1 saturated heterocycles. The molecule has 2 aromatic rings. The highest BCUT2D eigenvalue weighted by Gasteiger charge is 2.32. The highest BCUT2D eigenvalue weighted by Crippen LogP contribution is 2.22. The molecule has 2 aliphatic rings. The van der Waals surface area contributed by atoms with Gasteiger partial charge in [-0.05, 0) is 42.9 Å². The highest BCUT2D eigenvalue weighted by molar-refractivity contribution is 5.83. The zero-order valence-corrected chi connectivity index (χ0v) is 16.9. The fraction of sp³-hybridized carbons (Fsp3) is 0.417. The van der Waals surface area contributed by atoms with E-state index in [1.54, 1.807) is 0 Å². The molecule has 2 aliphatic heterocycles. The van der Waals surface area contributed by atoms with Crippen molar-refractivity contribution in [1.29, 1.82) is 0 Å². The van der Waals surface area contributed by atoms with Gasteiger partial charge in [0.15, 0.2) is 0 Å². The first-order valence-corrected chi connectivity index (χ1v) is 10.6. The Bertz CT molecular complexity index is 859. The predicted molar refractivity (Wildman–Crippen MR) is 113 cm³/mol. The van der Waals surface area contributed by atoms with Crippen molar-refractivity contribution in [2.45, 2.75) is 44.8 Å². The first-order valence-electron chi connectivity index (χ1n) is 10.6. The number of hydrogen-bond acceptors (Lipinski definition) is 3. The largest absolute Gasteiger partial charge is 0.349 e. The Balaban J connectivity index is 1.28. The molecular formula is C24H29N3O2. The minimum Gasteiger partial charge on any atom is -0.349 e. The first kappa shape index (κ1) is 19.6. The van der Waals surface area contributed by atoms with Crippen LogP contribution in [0.3, 0.4) is 0 Å². The Kier molecular flexibility index (Phi) is 5.95. The number of hydrogen-bond donors (Lipinski definition) is 2. The number of carbonyl (C=O) groups excluding carboxylic acids is 2. The normalized spacial score (nSPS) is 20.6. The number of likely N-dealkylation sites (tertiary alicyclic amines) is 1. The summed E-state index contributed by atoms with van der Waals surface area (Å²) in [5, 5.41) is 6.51. The summed E-state index contributed by atoms with van der Waals surface area (Å²) < 4.78 is 0. The number of amides is 2. The monoisotopic (exact) mass is 391 g/mol. The molecule has 2 amide bonds. The molecule has 0 aromatic heterocycles. The molecule has 2 atom stereocenters. The Hall–Kier alpha value is -2.66. The first-order chi connectivity index (χ1) is 14.1. The summed E-state index contributed by atoms with van der Waals surface area (Å²) in [5.74, 6) is 0.236. The van der Waals surface area contributed by atoms with Crippen LogP contribution in [0.15, 0.2) is 54.6 Å². The van der Waals surface area contributed by atoms with E-state index in [1.165, 1.54) is 11.1 Å². The van der Waals surface area contributed by atoms with Crippen molar-refractivity contribution in [3.63, 3.8) is 0 Å². The van der Waals surface area contributed by atoms with Crippen molar-refractivity contribution >= 4 is 11.8 Å². The van der Waals surface area contributed by atoms with Gasteiger partial charge in [-0.2, -0.15) is 0 Å². The van der Waals surface area contributed by atoms with E-state index >= 15 is 0 Å². The van der Waals surface area contributed by atoms with Crippen molar-refractivity contribution in [2.75, 3.05) is 13.1 Å². The summed E-state index contributed by atoms with van der Waals surface area (Å²) in [5.41, 5.74) is 3.64. The lowest BCUT2D eigenvalue weighted by Crippen LogP contribution is -2.52. The van der Waals surface area contributed by atoms with Crippen LogP contribution < -0.4 is 10.6 Å². The van der Waals surface area contributed by atoms with Gasteiger partial charge in [0, 0.05) is 25.6 Å². The second kappa shape index (κ2) is 8.78. The number of nitrogens with zero attached hydrogens (tertiary/aromatic N) is 1. The smallest absolute Gasteiger partial charge is 0.240 e. The van der Waals surface area contributed by atoms with Crippen molar-refractivity contribution in [3.8, 4) is 0 Å². The van der Waals surface area contributed by atoms with Crippen molar-refractivity contribution in [3.05, 3.63) is 71.3 Å². The van der Waals surface area contributed by atoms with E-state index in [-0.39, 0.29) is 29.8 Å². The van der Waals surface area contributed by atoms with Gasteiger partial charge in [-0.1, -0.05) is 54.6 Å². The van der Waals surface area contributed by atoms with Gasteiger partial charge in [-0.3, -0.25) is 9.59 Å². The van der Waals surface area contributed by atoms with E-state index in [4.69, 9.17) is 0 Å². The van der Waals surface area contributed by atoms with Crippen LogP contribution in [0.4, 0.5) is 0 Å². The second-order valence-electron chi connectivity index (χ2n) is 8.15. The third-order valence-corrected chi connectivity index (χ3v) is 6.22. The van der Waals surface area contributed by atoms with E-state index < -0.39 is 0 Å². The predicted octanol–water partition coefficient (Wildman–Crippen LogP) is 2.82. The SMILES string of the molecule is C[C@@H](NC(=O)C1CCN(C(=O)[C@@H]2Cc3ccccc3CN2)CC1)c1ccccc1. The van der Waals surface area contributed by atoms with Gasteiger partial charge in [-0.15, -0.1) is 0 Å². The van der Waals surface area contributed by atoms with Crippen LogP contribution in [0.2, 0.25) is 0 Å². The highest BCUT2D eigenvalue weighted by atomic mass is 16.2. The number of carbonyl (C=O) groups is 2. The van der Waals surface area contributed by atoms with E-state index in [0.29, 0.717) is 13.1 Å². The molecule has 0 bridgehead atoms. The van der Waals surface area contributed by atoms with Crippen LogP contribution in [-0.4, -0.2) is 35.8 Å². The number of benzene rings is 2. The van der Waals surface area contributed by atoms with Crippen molar-refractivity contribution in [2.24, 2.45) is 5.92 Å². The molecule has 2 N–H and O–H groups in total. The Labute approximate surface area is 172 Å². The summed E-state index contributed by atoms with van der Waals surface area (Å²) in [6, 6.07) is 18.1. The lowest BCUT2D eigenvalue weighted by molar-refractivity contribution is -0.137. The van der Waals surface area contributed by atoms with Crippen LogP contribution in [0.25, 0.3) is 0 Å². The van der Waals surface area contributed by atoms with Gasteiger partial charge >= 0.3 is 0 Å². The molecule has 1 fully saturated rings. The van der Waals surface area contributed by atoms with E-state index in [2.05, 4.69) is 22.8 Å². The van der Waals surface area contributed by atoms with E-state index in [0.717, 1.165) is 31.4 Å². The summed E-state index contributed by atoms with van der Waals surface area (Å²) >= 11 is 0. The zero-order chi connectivity index (χ0) is 20.2. The summed E-state index contributed by atoms with van der Waals surface area (Å²) in [6.07, 6.45) is 2.19. The van der Waals surface area contributed by atoms with Crippen molar-refractivity contribution in [1.82, 2.24) is 15.5 Å². The minimum atomic E-state index is -0.159. The third kappa shape index (κ3) is 4.51. The Morgan fingerprint density at radius 1 is 1.00 bits per heavy atom. The molecule has 0 radical (unpaired) electrons.